The van der Waals surface area contributed by atoms with E-state index in [4.69, 9.17) is 9.88 Å². The van der Waals surface area contributed by atoms with Crippen LogP contribution < -0.4 is 10.5 Å². The molecule has 3 rings (SSSR count). The molecule has 8 nitrogen and oxygen atoms in total. The van der Waals surface area contributed by atoms with Crippen LogP contribution in [0, 0.1) is 0 Å². The molecule has 0 fully saturated rings. The van der Waals surface area contributed by atoms with Crippen molar-refractivity contribution in [1.29, 1.82) is 0 Å². The van der Waals surface area contributed by atoms with Gasteiger partial charge in [0, 0.05) is 19.3 Å². The van der Waals surface area contributed by atoms with Gasteiger partial charge in [-0.25, -0.2) is 18.5 Å². The third-order valence-electron chi connectivity index (χ3n) is 4.24. The van der Waals surface area contributed by atoms with Crippen molar-refractivity contribution in [3.05, 3.63) is 48.5 Å². The van der Waals surface area contributed by atoms with Crippen LogP contribution >= 0.6 is 11.8 Å². The molecule has 0 saturated carbocycles. The number of sulfonamides is 1. The number of benzene rings is 2. The fraction of sp³-hybridized carbons (Fsp3) is 0.263. The second-order valence-corrected chi connectivity index (χ2v) is 9.22. The molecule has 1 aromatic heterocycles. The van der Waals surface area contributed by atoms with Crippen LogP contribution in [0.2, 0.25) is 0 Å². The Hall–Kier alpha value is -2.40. The van der Waals surface area contributed by atoms with Gasteiger partial charge in [-0.3, -0.25) is 4.79 Å². The number of methoxy groups -OCH3 is 1. The van der Waals surface area contributed by atoms with Gasteiger partial charge in [0.25, 0.3) is 0 Å². The number of para-hydroxylation sites is 2. The molecule has 1 atom stereocenters. The third-order valence-corrected chi connectivity index (χ3v) is 6.26. The van der Waals surface area contributed by atoms with Crippen LogP contribution in [0.15, 0.2) is 58.6 Å². The molecule has 0 radical (unpaired) electrons. The predicted octanol–water partition coefficient (Wildman–Crippen LogP) is 2.45. The summed E-state index contributed by atoms with van der Waals surface area (Å²) in [6.07, 6.45) is 0. The van der Waals surface area contributed by atoms with Crippen LogP contribution in [-0.2, 0) is 26.1 Å². The first-order chi connectivity index (χ1) is 13.8. The second-order valence-electron chi connectivity index (χ2n) is 6.35. The number of nitrogens with two attached hydrogens (primary N) is 1. The van der Waals surface area contributed by atoms with E-state index in [1.165, 1.54) is 36.0 Å². The lowest BCUT2D eigenvalue weighted by Gasteiger charge is -2.13. The van der Waals surface area contributed by atoms with E-state index in [1.807, 2.05) is 28.8 Å². The number of hydrogen-bond donors (Lipinski definition) is 2. The molecule has 154 valence electrons. The summed E-state index contributed by atoms with van der Waals surface area (Å²) in [6.45, 7) is 2.95. The Kier molecular flexibility index (Phi) is 6.58. The number of nitrogens with one attached hydrogen (secondary N) is 1. The number of aromatic nitrogens is 2. The first kappa shape index (κ1) is 21.3. The van der Waals surface area contributed by atoms with Gasteiger partial charge in [-0.15, -0.1) is 0 Å². The summed E-state index contributed by atoms with van der Waals surface area (Å²) in [7, 11) is -2.13. The Labute approximate surface area is 173 Å². The average Bonchev–Trinajstić information content (AvgIpc) is 3.03. The van der Waals surface area contributed by atoms with Gasteiger partial charge in [0.05, 0.1) is 27.8 Å². The third kappa shape index (κ3) is 5.15. The normalized spacial score (nSPS) is 12.8. The number of anilines is 1. The van der Waals surface area contributed by atoms with Crippen molar-refractivity contribution in [3.8, 4) is 0 Å². The summed E-state index contributed by atoms with van der Waals surface area (Å²) in [5, 5.41) is 8.17. The van der Waals surface area contributed by atoms with Crippen molar-refractivity contribution in [3.63, 3.8) is 0 Å². The van der Waals surface area contributed by atoms with Gasteiger partial charge in [-0.05, 0) is 43.3 Å². The van der Waals surface area contributed by atoms with E-state index < -0.39 is 15.3 Å². The molecule has 1 amide bonds. The molecule has 1 unspecified atom stereocenters. The van der Waals surface area contributed by atoms with Crippen LogP contribution in [0.25, 0.3) is 11.0 Å². The molecule has 0 spiro atoms. The fourth-order valence-corrected chi connectivity index (χ4v) is 4.19. The average molecular weight is 435 g/mol. The van der Waals surface area contributed by atoms with Gasteiger partial charge >= 0.3 is 0 Å². The van der Waals surface area contributed by atoms with E-state index in [0.29, 0.717) is 18.8 Å². The lowest BCUT2D eigenvalue weighted by molar-refractivity contribution is -0.115. The molecule has 0 aliphatic carbocycles. The summed E-state index contributed by atoms with van der Waals surface area (Å²) in [6, 6.07) is 13.5. The zero-order valence-corrected chi connectivity index (χ0v) is 17.7. The van der Waals surface area contributed by atoms with Gasteiger partial charge in [-0.1, -0.05) is 23.9 Å². The zero-order chi connectivity index (χ0) is 21.0. The highest BCUT2D eigenvalue weighted by molar-refractivity contribution is 8.00. The van der Waals surface area contributed by atoms with E-state index in [1.54, 1.807) is 14.0 Å². The Balaban J connectivity index is 1.74. The summed E-state index contributed by atoms with van der Waals surface area (Å²) in [4.78, 5) is 17.2. The molecule has 0 aliphatic rings. The minimum absolute atomic E-state index is 0.00946. The topological polar surface area (TPSA) is 116 Å². The maximum absolute atomic E-state index is 12.6. The summed E-state index contributed by atoms with van der Waals surface area (Å²) in [5.74, 6) is -0.219. The maximum Gasteiger partial charge on any atom is 0.238 e. The summed E-state index contributed by atoms with van der Waals surface area (Å²) in [5.41, 5.74) is 2.33. The van der Waals surface area contributed by atoms with Crippen LogP contribution in [0.1, 0.15) is 6.92 Å². The van der Waals surface area contributed by atoms with E-state index in [-0.39, 0.29) is 10.8 Å². The molecule has 3 N–H and O–H groups in total. The number of ether oxygens (including phenoxy) is 1. The van der Waals surface area contributed by atoms with Gasteiger partial charge in [0.2, 0.25) is 15.9 Å². The van der Waals surface area contributed by atoms with E-state index in [9.17, 15) is 13.2 Å². The zero-order valence-electron chi connectivity index (χ0n) is 16.0. The molecule has 3 aromatic rings. The SMILES string of the molecule is COCCn1c(SC(C)C(=O)Nc2ccc(S(N)(=O)=O)cc2)nc2ccccc21. The van der Waals surface area contributed by atoms with E-state index in [0.717, 1.165) is 16.2 Å². The Morgan fingerprint density at radius 3 is 2.59 bits per heavy atom. The monoisotopic (exact) mass is 434 g/mol. The first-order valence-corrected chi connectivity index (χ1v) is 11.3. The Morgan fingerprint density at radius 1 is 1.24 bits per heavy atom. The highest BCUT2D eigenvalue weighted by atomic mass is 32.2. The fourth-order valence-electron chi connectivity index (χ4n) is 2.73. The van der Waals surface area contributed by atoms with Gasteiger partial charge in [0.15, 0.2) is 5.16 Å². The minimum atomic E-state index is -3.77. The summed E-state index contributed by atoms with van der Waals surface area (Å²) >= 11 is 1.35. The molecule has 0 bridgehead atoms. The molecule has 10 heteroatoms. The molecule has 0 saturated heterocycles. The van der Waals surface area contributed by atoms with Crippen LogP contribution in [-0.4, -0.2) is 42.8 Å². The highest BCUT2D eigenvalue weighted by Gasteiger charge is 2.20. The number of amides is 1. The molecular weight excluding hydrogens is 412 g/mol. The number of hydrogen-bond acceptors (Lipinski definition) is 6. The van der Waals surface area contributed by atoms with Crippen LogP contribution in [0.3, 0.4) is 0 Å². The van der Waals surface area contributed by atoms with Gasteiger partial charge in [-0.2, -0.15) is 0 Å². The summed E-state index contributed by atoms with van der Waals surface area (Å²) < 4.78 is 29.9. The number of carbonyl (C=O) groups is 1. The number of imidazole rings is 1. The quantitative estimate of drug-likeness (QED) is 0.526. The van der Waals surface area contributed by atoms with Crippen molar-refractivity contribution in [2.75, 3.05) is 19.0 Å². The maximum atomic E-state index is 12.6. The smallest absolute Gasteiger partial charge is 0.238 e. The standard InChI is InChI=1S/C19H22N4O4S2/c1-13(18(24)21-14-7-9-15(10-8-14)29(20,25)26)28-19-22-16-5-3-4-6-17(16)23(19)11-12-27-2/h3-10,13H,11-12H2,1-2H3,(H,21,24)(H2,20,25,26). The van der Waals surface area contributed by atoms with Crippen LogP contribution in [0.4, 0.5) is 5.69 Å². The Morgan fingerprint density at radius 2 is 1.93 bits per heavy atom. The second kappa shape index (κ2) is 8.95. The van der Waals surface area contributed by atoms with E-state index >= 15 is 0 Å². The van der Waals surface area contributed by atoms with E-state index in [2.05, 4.69) is 10.3 Å². The van der Waals surface area contributed by atoms with Gasteiger partial charge < -0.3 is 14.6 Å². The lowest BCUT2D eigenvalue weighted by atomic mass is 10.3. The number of fused-ring (bicyclic) bond motifs is 1. The number of rotatable bonds is 8. The van der Waals surface area contributed by atoms with Crippen molar-refractivity contribution >= 4 is 44.4 Å². The highest BCUT2D eigenvalue weighted by Crippen LogP contribution is 2.28. The largest absolute Gasteiger partial charge is 0.383 e. The molecule has 29 heavy (non-hydrogen) atoms. The Bertz CT molecular complexity index is 1110. The predicted molar refractivity (Wildman–Crippen MR) is 113 cm³/mol. The van der Waals surface area contributed by atoms with Crippen molar-refractivity contribution in [1.82, 2.24) is 9.55 Å². The first-order valence-electron chi connectivity index (χ1n) is 8.84. The molecule has 2 aromatic carbocycles. The molecular formula is C19H22N4O4S2. The number of nitrogens with zero attached hydrogens (tertiary/aromatic N) is 2. The number of carbonyl (C=O) groups excluding carboxylic acids is 1. The number of primary sulfonamides is 1. The minimum Gasteiger partial charge on any atom is -0.383 e. The molecule has 0 aliphatic heterocycles. The molecule has 1 heterocycles. The lowest BCUT2D eigenvalue weighted by Crippen LogP contribution is -2.23. The van der Waals surface area contributed by atoms with Gasteiger partial charge in [0.1, 0.15) is 0 Å². The number of thioether (sulfide) groups is 1. The van der Waals surface area contributed by atoms with Crippen molar-refractivity contribution < 1.29 is 17.9 Å². The van der Waals surface area contributed by atoms with Crippen LogP contribution in [0.5, 0.6) is 0 Å². The van der Waals surface area contributed by atoms with Crippen molar-refractivity contribution in [2.24, 2.45) is 5.14 Å². The van der Waals surface area contributed by atoms with Crippen molar-refractivity contribution in [2.45, 2.75) is 28.8 Å².